The fourth-order valence-electron chi connectivity index (χ4n) is 4.22. The van der Waals surface area contributed by atoms with Gasteiger partial charge in [0.05, 0.1) is 12.2 Å². The van der Waals surface area contributed by atoms with Gasteiger partial charge in [-0.05, 0) is 61.2 Å². The summed E-state index contributed by atoms with van der Waals surface area (Å²) in [6.07, 6.45) is 17.9. The van der Waals surface area contributed by atoms with Crippen LogP contribution in [0.15, 0.2) is 54.9 Å². The summed E-state index contributed by atoms with van der Waals surface area (Å²) in [5, 5.41) is 0. The van der Waals surface area contributed by atoms with Crippen LogP contribution in [0.2, 0.25) is 0 Å². The lowest BCUT2D eigenvalue weighted by molar-refractivity contribution is 0.0730. The first-order valence-electron chi connectivity index (χ1n) is 14.2. The highest BCUT2D eigenvalue weighted by Gasteiger charge is 2.15. The van der Waals surface area contributed by atoms with E-state index in [2.05, 4.69) is 23.8 Å². The fraction of sp³-hybridized carbons (Fsp3) is 0.469. The molecular weight excluding hydrogens is 479 g/mol. The first-order valence-corrected chi connectivity index (χ1v) is 14.2. The second-order valence-electron chi connectivity index (χ2n) is 9.75. The van der Waals surface area contributed by atoms with Crippen molar-refractivity contribution in [2.45, 2.75) is 90.9 Å². The maximum atomic E-state index is 14.6. The van der Waals surface area contributed by atoms with E-state index < -0.39 is 11.8 Å². The third-order valence-corrected chi connectivity index (χ3v) is 6.52. The molecule has 0 unspecified atom stereocenters. The Hall–Kier alpha value is -3.28. The van der Waals surface area contributed by atoms with Gasteiger partial charge in [0.15, 0.2) is 5.82 Å². The minimum atomic E-state index is -0.753. The monoisotopic (exact) mass is 520 g/mol. The molecule has 2 aromatic carbocycles. The van der Waals surface area contributed by atoms with E-state index in [1.165, 1.54) is 63.5 Å². The largest absolute Gasteiger partial charge is 0.493 e. The molecule has 0 amide bonds. The topological polar surface area (TPSA) is 61.3 Å². The highest BCUT2D eigenvalue weighted by Crippen LogP contribution is 2.23. The molecule has 5 nitrogen and oxygen atoms in total. The van der Waals surface area contributed by atoms with E-state index in [1.54, 1.807) is 30.3 Å². The summed E-state index contributed by atoms with van der Waals surface area (Å²) < 4.78 is 25.6. The highest BCUT2D eigenvalue weighted by molar-refractivity contribution is 5.91. The van der Waals surface area contributed by atoms with E-state index in [-0.39, 0.29) is 5.56 Å². The number of hydrogen-bond acceptors (Lipinski definition) is 5. The number of rotatable bonds is 17. The zero-order valence-electron chi connectivity index (χ0n) is 22.9. The molecule has 1 heterocycles. The summed E-state index contributed by atoms with van der Waals surface area (Å²) >= 11 is 0. The van der Waals surface area contributed by atoms with Crippen LogP contribution in [0, 0.1) is 5.82 Å². The van der Waals surface area contributed by atoms with E-state index in [4.69, 9.17) is 9.47 Å². The number of esters is 1. The molecule has 0 atom stereocenters. The molecule has 0 N–H and O–H groups in total. The Morgan fingerprint density at radius 3 is 2.03 bits per heavy atom. The van der Waals surface area contributed by atoms with Crippen molar-refractivity contribution in [3.05, 3.63) is 71.8 Å². The number of aromatic nitrogens is 2. The molecule has 0 saturated carbocycles. The fourth-order valence-corrected chi connectivity index (χ4v) is 4.22. The lowest BCUT2D eigenvalue weighted by Gasteiger charge is -2.09. The zero-order chi connectivity index (χ0) is 27.0. The molecule has 0 saturated heterocycles. The molecule has 0 radical (unpaired) electrons. The van der Waals surface area contributed by atoms with Crippen LogP contribution in [0.25, 0.3) is 11.4 Å². The van der Waals surface area contributed by atoms with E-state index in [0.29, 0.717) is 23.9 Å². The number of carbonyl (C=O) groups is 1. The van der Waals surface area contributed by atoms with Gasteiger partial charge in [-0.2, -0.15) is 0 Å². The maximum Gasteiger partial charge on any atom is 0.346 e. The smallest absolute Gasteiger partial charge is 0.346 e. The van der Waals surface area contributed by atoms with E-state index in [1.807, 2.05) is 12.4 Å². The van der Waals surface area contributed by atoms with Crippen LogP contribution in [0.1, 0.15) is 100 Å². The third kappa shape index (κ3) is 9.88. The van der Waals surface area contributed by atoms with Crippen LogP contribution in [0.4, 0.5) is 4.39 Å². The van der Waals surface area contributed by atoms with Gasteiger partial charge in [0, 0.05) is 24.0 Å². The molecule has 38 heavy (non-hydrogen) atoms. The van der Waals surface area contributed by atoms with Gasteiger partial charge in [-0.1, -0.05) is 71.6 Å². The average molecular weight is 521 g/mol. The Morgan fingerprint density at radius 2 is 1.37 bits per heavy atom. The standard InChI is InChI=1S/C32H41FN2O3/c1-3-5-7-9-11-13-21-37-28-19-20-29(30(33)22-28)32(36)38-27-17-15-26(16-18-27)31-34-23-25(24-35-31)14-12-10-8-6-4-2/h15-20,22-24H,3-14,21H2,1-2H3. The van der Waals surface area contributed by atoms with Crippen LogP contribution in [-0.4, -0.2) is 22.5 Å². The number of halogens is 1. The van der Waals surface area contributed by atoms with Crippen molar-refractivity contribution in [2.75, 3.05) is 6.61 Å². The molecule has 0 spiro atoms. The molecule has 204 valence electrons. The normalized spacial score (nSPS) is 10.9. The van der Waals surface area contributed by atoms with Crippen molar-refractivity contribution < 1.29 is 18.7 Å². The molecule has 0 fully saturated rings. The Bertz CT molecular complexity index is 1100. The molecule has 3 rings (SSSR count). The lowest BCUT2D eigenvalue weighted by atomic mass is 10.1. The number of benzene rings is 2. The van der Waals surface area contributed by atoms with Gasteiger partial charge < -0.3 is 9.47 Å². The van der Waals surface area contributed by atoms with Crippen molar-refractivity contribution in [3.8, 4) is 22.9 Å². The average Bonchev–Trinajstić information content (AvgIpc) is 2.93. The predicted molar refractivity (Wildman–Crippen MR) is 150 cm³/mol. The van der Waals surface area contributed by atoms with Crippen molar-refractivity contribution in [2.24, 2.45) is 0 Å². The number of aryl methyl sites for hydroxylation is 1. The Balaban J connectivity index is 1.47. The number of nitrogens with zero attached hydrogens (tertiary/aromatic N) is 2. The summed E-state index contributed by atoms with van der Waals surface area (Å²) in [5.41, 5.74) is 1.82. The Labute approximate surface area is 226 Å². The van der Waals surface area contributed by atoms with Crippen molar-refractivity contribution >= 4 is 5.97 Å². The van der Waals surface area contributed by atoms with Gasteiger partial charge in [0.25, 0.3) is 0 Å². The maximum absolute atomic E-state index is 14.6. The SMILES string of the molecule is CCCCCCCCOc1ccc(C(=O)Oc2ccc(-c3ncc(CCCCCCC)cn3)cc2)c(F)c1. The van der Waals surface area contributed by atoms with E-state index >= 15 is 0 Å². The van der Waals surface area contributed by atoms with Gasteiger partial charge in [-0.15, -0.1) is 0 Å². The summed E-state index contributed by atoms with van der Waals surface area (Å²) in [5.74, 6) is -0.0619. The van der Waals surface area contributed by atoms with Crippen LogP contribution in [-0.2, 0) is 6.42 Å². The molecule has 0 aliphatic heterocycles. The first-order chi connectivity index (χ1) is 18.6. The number of hydrogen-bond donors (Lipinski definition) is 0. The van der Waals surface area contributed by atoms with Gasteiger partial charge >= 0.3 is 5.97 Å². The first kappa shape index (κ1) is 29.3. The van der Waals surface area contributed by atoms with E-state index in [0.717, 1.165) is 36.8 Å². The van der Waals surface area contributed by atoms with Gasteiger partial charge in [-0.3, -0.25) is 0 Å². The van der Waals surface area contributed by atoms with Gasteiger partial charge in [0.2, 0.25) is 0 Å². The molecule has 3 aromatic rings. The second-order valence-corrected chi connectivity index (χ2v) is 9.75. The van der Waals surface area contributed by atoms with Crippen molar-refractivity contribution in [3.63, 3.8) is 0 Å². The third-order valence-electron chi connectivity index (χ3n) is 6.52. The highest BCUT2D eigenvalue weighted by atomic mass is 19.1. The number of unbranched alkanes of at least 4 members (excludes halogenated alkanes) is 9. The van der Waals surface area contributed by atoms with Crippen LogP contribution >= 0.6 is 0 Å². The molecule has 1 aromatic heterocycles. The molecule has 0 aliphatic carbocycles. The molecule has 6 heteroatoms. The molecule has 0 aliphatic rings. The summed E-state index contributed by atoms with van der Waals surface area (Å²) in [6.45, 7) is 4.95. The predicted octanol–water partition coefficient (Wildman–Crippen LogP) is 8.75. The minimum Gasteiger partial charge on any atom is -0.493 e. The van der Waals surface area contributed by atoms with Crippen LogP contribution < -0.4 is 9.47 Å². The molecular formula is C32H41FN2O3. The molecule has 0 bridgehead atoms. The summed E-state index contributed by atoms with van der Waals surface area (Å²) in [6, 6.07) is 11.1. The van der Waals surface area contributed by atoms with Crippen LogP contribution in [0.3, 0.4) is 0 Å². The Kier molecular flexibility index (Phi) is 12.7. The number of ether oxygens (including phenoxy) is 2. The van der Waals surface area contributed by atoms with E-state index in [9.17, 15) is 9.18 Å². The van der Waals surface area contributed by atoms with Gasteiger partial charge in [0.1, 0.15) is 17.3 Å². The van der Waals surface area contributed by atoms with Crippen LogP contribution in [0.5, 0.6) is 11.5 Å². The zero-order valence-corrected chi connectivity index (χ0v) is 22.9. The quantitative estimate of drug-likeness (QED) is 0.101. The summed E-state index contributed by atoms with van der Waals surface area (Å²) in [4.78, 5) is 21.5. The minimum absolute atomic E-state index is 0.130. The second kappa shape index (κ2) is 16.5. The Morgan fingerprint density at radius 1 is 0.763 bits per heavy atom. The number of carbonyl (C=O) groups excluding carboxylic acids is 1. The van der Waals surface area contributed by atoms with Crippen molar-refractivity contribution in [1.82, 2.24) is 9.97 Å². The van der Waals surface area contributed by atoms with Gasteiger partial charge in [-0.25, -0.2) is 19.2 Å². The lowest BCUT2D eigenvalue weighted by Crippen LogP contribution is -2.11. The van der Waals surface area contributed by atoms with Crippen molar-refractivity contribution in [1.29, 1.82) is 0 Å². The summed E-state index contributed by atoms with van der Waals surface area (Å²) in [7, 11) is 0.